The molecule has 13 heteroatoms. The summed E-state index contributed by atoms with van der Waals surface area (Å²) < 4.78 is 2.48. The zero-order valence-corrected chi connectivity index (χ0v) is 36.2. The Morgan fingerprint density at radius 3 is 1.44 bits per heavy atom. The first-order valence-electron chi connectivity index (χ1n) is 17.9. The highest BCUT2D eigenvalue weighted by Gasteiger charge is 2.28. The number of likely N-dealkylation sites (N-methyl/N-ethyl adjacent to an activating group) is 4. The Morgan fingerprint density at radius 1 is 0.474 bits per heavy atom. The minimum absolute atomic E-state index is 0. The Bertz CT molecular complexity index is 2510. The van der Waals surface area contributed by atoms with E-state index in [2.05, 4.69) is 185 Å². The standard InChI is InChI=1S/C44H42N8.5ClH/c1-48-19-11-30(12-20-48)41-39-10-9-36(47-39)28-35-6-5-33(45-35)27-34-7-8-37(46-34)29-40-42(31-13-21-49(2)22-14-31)43(32-15-23-50(3)24-16-32)44(41)52(40)38-17-25-51(4)26-18-38;;;;;/h5-19,21,23,25,27-29,45H,20,22,24,26H2,1-4H3;5*1H. The molecule has 0 spiro atoms. The molecule has 6 aliphatic rings. The summed E-state index contributed by atoms with van der Waals surface area (Å²) in [5.41, 5.74) is 16.0. The molecule has 0 saturated heterocycles. The smallest absolute Gasteiger partial charge is 0.0737 e. The summed E-state index contributed by atoms with van der Waals surface area (Å²) in [6.45, 7) is 3.25. The van der Waals surface area contributed by atoms with Crippen LogP contribution >= 0.6 is 62.0 Å². The third-order valence-corrected chi connectivity index (χ3v) is 10.2. The van der Waals surface area contributed by atoms with Crippen LogP contribution in [0.25, 0.3) is 68.8 Å². The van der Waals surface area contributed by atoms with Gasteiger partial charge in [0.25, 0.3) is 0 Å². The van der Waals surface area contributed by atoms with Gasteiger partial charge in [-0.25, -0.2) is 9.97 Å². The number of aromatic amines is 1. The van der Waals surface area contributed by atoms with Gasteiger partial charge in [0, 0.05) is 94.0 Å². The number of aromatic nitrogens is 4. The van der Waals surface area contributed by atoms with E-state index in [0.29, 0.717) is 0 Å². The highest BCUT2D eigenvalue weighted by Crippen LogP contribution is 2.44. The number of allylic oxidation sites excluding steroid dienone is 8. The number of H-pyrrole nitrogens is 1. The van der Waals surface area contributed by atoms with Gasteiger partial charge in [-0.3, -0.25) is 0 Å². The monoisotopic (exact) mass is 862 g/mol. The molecule has 9 heterocycles. The minimum Gasteiger partial charge on any atom is -0.377 e. The van der Waals surface area contributed by atoms with Crippen molar-refractivity contribution in [2.24, 2.45) is 0 Å². The Kier molecular flexibility index (Phi) is 14.7. The quantitative estimate of drug-likeness (QED) is 0.194. The lowest BCUT2D eigenvalue weighted by Crippen LogP contribution is -2.16. The summed E-state index contributed by atoms with van der Waals surface area (Å²) >= 11 is 0. The molecule has 0 amide bonds. The molecular formula is C44H47Cl5N8. The van der Waals surface area contributed by atoms with Crippen molar-refractivity contribution in [3.63, 3.8) is 0 Å². The molecule has 9 rings (SSSR count). The summed E-state index contributed by atoms with van der Waals surface area (Å²) in [7, 11) is 8.48. The molecular weight excluding hydrogens is 818 g/mol. The fourth-order valence-corrected chi connectivity index (χ4v) is 7.45. The molecule has 6 aliphatic heterocycles. The van der Waals surface area contributed by atoms with Crippen LogP contribution in [0.3, 0.4) is 0 Å². The molecule has 0 fully saturated rings. The highest BCUT2D eigenvalue weighted by molar-refractivity contribution is 6.08. The third-order valence-electron chi connectivity index (χ3n) is 10.2. The van der Waals surface area contributed by atoms with Crippen molar-refractivity contribution in [3.05, 3.63) is 143 Å². The molecule has 57 heavy (non-hydrogen) atoms. The van der Waals surface area contributed by atoms with Crippen molar-refractivity contribution >= 4 is 131 Å². The Morgan fingerprint density at radius 2 is 0.930 bits per heavy atom. The Balaban J connectivity index is 0.00000144. The van der Waals surface area contributed by atoms with E-state index < -0.39 is 0 Å². The van der Waals surface area contributed by atoms with Crippen LogP contribution in [0.1, 0.15) is 39.5 Å². The molecule has 3 aromatic heterocycles. The van der Waals surface area contributed by atoms with Crippen LogP contribution in [-0.2, 0) is 0 Å². The van der Waals surface area contributed by atoms with Gasteiger partial charge in [0.2, 0.25) is 0 Å². The van der Waals surface area contributed by atoms with E-state index in [0.717, 1.165) is 87.9 Å². The van der Waals surface area contributed by atoms with Crippen molar-refractivity contribution in [2.45, 2.75) is 0 Å². The van der Waals surface area contributed by atoms with Crippen molar-refractivity contribution in [2.75, 3.05) is 54.4 Å². The lowest BCUT2D eigenvalue weighted by atomic mass is 9.90. The predicted molar refractivity (Wildman–Crippen MR) is 254 cm³/mol. The zero-order valence-electron chi connectivity index (χ0n) is 32.1. The fraction of sp³-hybridized carbons (Fsp3) is 0.182. The SMILES string of the molecule is CN1C=CC(c2c(C3=CCN(C)C=C3)c3c(C4=CCN(C)C=C4)c4nc(cc5ccc(cc6nc(cc2n3C2=CCN(C)C=C2)C=C6)[nH]5)C=C4)=CC1.Cl.Cl.Cl.Cl.Cl. The van der Waals surface area contributed by atoms with Gasteiger partial charge in [-0.1, -0.05) is 18.2 Å². The summed E-state index contributed by atoms with van der Waals surface area (Å²) in [5, 5.41) is 0. The lowest BCUT2D eigenvalue weighted by molar-refractivity contribution is 0.505. The van der Waals surface area contributed by atoms with Crippen LogP contribution in [0, 0.1) is 0 Å². The van der Waals surface area contributed by atoms with Gasteiger partial charge in [-0.2, -0.15) is 0 Å². The molecule has 0 aliphatic carbocycles. The largest absolute Gasteiger partial charge is 0.377 e. The second-order valence-corrected chi connectivity index (χ2v) is 14.2. The van der Waals surface area contributed by atoms with Gasteiger partial charge >= 0.3 is 0 Å². The molecule has 0 atom stereocenters. The third kappa shape index (κ3) is 8.86. The van der Waals surface area contributed by atoms with Crippen LogP contribution in [0.15, 0.2) is 104 Å². The zero-order chi connectivity index (χ0) is 35.3. The number of rotatable bonds is 4. The maximum absolute atomic E-state index is 5.37. The van der Waals surface area contributed by atoms with Crippen LogP contribution in [-0.4, -0.2) is 93.5 Å². The number of fused-ring (bicyclic) bond motifs is 8. The maximum atomic E-state index is 5.37. The topological polar surface area (TPSA) is 59.5 Å². The number of halogens is 5. The predicted octanol–water partition coefficient (Wildman–Crippen LogP) is 10.1. The van der Waals surface area contributed by atoms with E-state index in [-0.39, 0.29) is 62.0 Å². The van der Waals surface area contributed by atoms with E-state index in [1.807, 2.05) is 0 Å². The maximum Gasteiger partial charge on any atom is 0.0737 e. The normalized spacial score (nSPS) is 16.4. The van der Waals surface area contributed by atoms with E-state index in [1.165, 1.54) is 22.3 Å². The van der Waals surface area contributed by atoms with Crippen LogP contribution < -0.4 is 0 Å². The van der Waals surface area contributed by atoms with E-state index in [1.54, 1.807) is 0 Å². The molecule has 0 saturated carbocycles. The minimum atomic E-state index is 0. The molecule has 8 bridgehead atoms. The van der Waals surface area contributed by atoms with Gasteiger partial charge in [0.05, 0.1) is 33.8 Å². The number of nitrogens with one attached hydrogen (secondary N) is 1. The van der Waals surface area contributed by atoms with E-state index >= 15 is 0 Å². The molecule has 0 radical (unpaired) electrons. The summed E-state index contributed by atoms with van der Waals surface area (Å²) in [4.78, 5) is 22.9. The van der Waals surface area contributed by atoms with E-state index in [4.69, 9.17) is 9.97 Å². The van der Waals surface area contributed by atoms with Crippen LogP contribution in [0.4, 0.5) is 0 Å². The van der Waals surface area contributed by atoms with Gasteiger partial charge < -0.3 is 29.2 Å². The second kappa shape index (κ2) is 18.6. The summed E-state index contributed by atoms with van der Waals surface area (Å²) in [6, 6.07) is 10.7. The molecule has 0 unspecified atom stereocenters. The molecule has 3 aromatic rings. The number of hydrogen-bond acceptors (Lipinski definition) is 6. The Hall–Kier alpha value is -4.83. The first-order chi connectivity index (χ1) is 25.4. The van der Waals surface area contributed by atoms with Crippen molar-refractivity contribution < 1.29 is 0 Å². The average Bonchev–Trinajstić information content (AvgIpc) is 3.95. The van der Waals surface area contributed by atoms with Gasteiger partial charge in [-0.15, -0.1) is 62.0 Å². The highest BCUT2D eigenvalue weighted by atomic mass is 35.5. The molecule has 8 nitrogen and oxygen atoms in total. The summed E-state index contributed by atoms with van der Waals surface area (Å²) in [5.74, 6) is 0. The molecule has 298 valence electrons. The first kappa shape index (κ1) is 44.9. The lowest BCUT2D eigenvalue weighted by Gasteiger charge is -2.22. The first-order valence-corrected chi connectivity index (χ1v) is 17.9. The van der Waals surface area contributed by atoms with Crippen molar-refractivity contribution in [1.29, 1.82) is 0 Å². The summed E-state index contributed by atoms with van der Waals surface area (Å²) in [6.07, 6.45) is 35.7. The average molecular weight is 865 g/mol. The van der Waals surface area contributed by atoms with Crippen LogP contribution in [0.5, 0.6) is 0 Å². The van der Waals surface area contributed by atoms with Gasteiger partial charge in [0.1, 0.15) is 0 Å². The van der Waals surface area contributed by atoms with E-state index in [9.17, 15) is 0 Å². The van der Waals surface area contributed by atoms with Gasteiger partial charge in [0.15, 0.2) is 0 Å². The van der Waals surface area contributed by atoms with Gasteiger partial charge in [-0.05, 0) is 120 Å². The fourth-order valence-electron chi connectivity index (χ4n) is 7.45. The second-order valence-electron chi connectivity index (χ2n) is 14.2. The number of nitrogens with zero attached hydrogens (tertiary/aromatic N) is 7. The van der Waals surface area contributed by atoms with Crippen molar-refractivity contribution in [3.8, 4) is 0 Å². The van der Waals surface area contributed by atoms with Crippen molar-refractivity contribution in [1.82, 2.24) is 39.1 Å². The molecule has 1 N–H and O–H groups in total. The number of hydrogen-bond donors (Lipinski definition) is 1. The Labute approximate surface area is 365 Å². The van der Waals surface area contributed by atoms with Crippen LogP contribution in [0.2, 0.25) is 0 Å². The molecule has 0 aromatic carbocycles.